The Hall–Kier alpha value is -2.00. The molecule has 3 rings (SSSR count). The Morgan fingerprint density at radius 1 is 1.32 bits per heavy atom. The summed E-state index contributed by atoms with van der Waals surface area (Å²) < 4.78 is 0.727. The van der Waals surface area contributed by atoms with E-state index in [-0.39, 0.29) is 6.17 Å². The van der Waals surface area contributed by atoms with E-state index in [1.165, 1.54) is 16.9 Å². The number of anilines is 2. The Bertz CT molecular complexity index is 679. The predicted octanol–water partition coefficient (Wildman–Crippen LogP) is -1.34. The topological polar surface area (TPSA) is 89.8 Å². The van der Waals surface area contributed by atoms with Gasteiger partial charge < -0.3 is 0 Å². The van der Waals surface area contributed by atoms with E-state index in [9.17, 15) is 0 Å². The Morgan fingerprint density at radius 2 is 2.23 bits per heavy atom. The molecule has 3 heterocycles. The van der Waals surface area contributed by atoms with E-state index < -0.39 is 0 Å². The second-order valence-electron chi connectivity index (χ2n) is 4.81. The van der Waals surface area contributed by atoms with Gasteiger partial charge in [-0.25, -0.2) is 0 Å². The molecule has 2 aromatic heterocycles. The molecular formula is C14H16AsN7. The summed E-state index contributed by atoms with van der Waals surface area (Å²) in [7, 11) is 0. The van der Waals surface area contributed by atoms with E-state index >= 15 is 0 Å². The molecule has 1 fully saturated rings. The van der Waals surface area contributed by atoms with Crippen molar-refractivity contribution in [3.8, 4) is 6.07 Å². The molecule has 22 heavy (non-hydrogen) atoms. The molecule has 0 radical (unpaired) electrons. The number of hydrogen-bond acceptors (Lipinski definition) is 7. The van der Waals surface area contributed by atoms with E-state index in [1.807, 2.05) is 23.1 Å². The van der Waals surface area contributed by atoms with Crippen LogP contribution in [0.5, 0.6) is 0 Å². The summed E-state index contributed by atoms with van der Waals surface area (Å²) in [5.74, 6) is 1.33. The summed E-state index contributed by atoms with van der Waals surface area (Å²) in [6, 6.07) is 7.85. The molecule has 0 saturated carbocycles. The molecule has 112 valence electrons. The monoisotopic (exact) mass is 357 g/mol. The molecule has 0 bridgehead atoms. The van der Waals surface area contributed by atoms with Gasteiger partial charge in [0.2, 0.25) is 0 Å². The van der Waals surface area contributed by atoms with Crippen molar-refractivity contribution in [2.24, 2.45) is 0 Å². The molecular weight excluding hydrogens is 341 g/mol. The van der Waals surface area contributed by atoms with E-state index in [4.69, 9.17) is 5.26 Å². The van der Waals surface area contributed by atoms with Gasteiger partial charge in [0.05, 0.1) is 0 Å². The third kappa shape index (κ3) is 3.09. The number of pyridine rings is 1. The average Bonchev–Trinajstić information content (AvgIpc) is 2.57. The third-order valence-electron chi connectivity index (χ3n) is 3.37. The van der Waals surface area contributed by atoms with Crippen LogP contribution in [0.25, 0.3) is 0 Å². The van der Waals surface area contributed by atoms with Crippen LogP contribution in [0.2, 0.25) is 0 Å². The molecule has 1 aliphatic rings. The molecule has 1 aliphatic heterocycles. The van der Waals surface area contributed by atoms with E-state index in [0.29, 0.717) is 11.5 Å². The number of nitrogens with zero attached hydrogens (tertiary/aromatic N) is 5. The van der Waals surface area contributed by atoms with Gasteiger partial charge in [-0.3, -0.25) is 0 Å². The Labute approximate surface area is 137 Å². The molecule has 0 aromatic carbocycles. The van der Waals surface area contributed by atoms with Crippen molar-refractivity contribution in [1.82, 2.24) is 25.6 Å². The first-order valence-corrected chi connectivity index (χ1v) is 8.17. The summed E-state index contributed by atoms with van der Waals surface area (Å²) in [6.07, 6.45) is 3.34. The van der Waals surface area contributed by atoms with Crippen molar-refractivity contribution in [3.63, 3.8) is 0 Å². The SMILES string of the molecule is N#Cc1cnc(N(c2ccccn2)C2CNCCN2)nc1[AsH2]. The minimum atomic E-state index is 0.0171. The fraction of sp³-hybridized carbons (Fsp3) is 0.286. The normalized spacial score (nSPS) is 17.7. The van der Waals surface area contributed by atoms with Crippen molar-refractivity contribution < 1.29 is 0 Å². The second kappa shape index (κ2) is 6.84. The van der Waals surface area contributed by atoms with Crippen LogP contribution in [0.4, 0.5) is 11.8 Å². The fourth-order valence-corrected chi connectivity index (χ4v) is 2.84. The molecule has 0 aliphatic carbocycles. The van der Waals surface area contributed by atoms with E-state index in [1.54, 1.807) is 12.4 Å². The molecule has 0 amide bonds. The maximum atomic E-state index is 9.05. The molecule has 1 saturated heterocycles. The summed E-state index contributed by atoms with van der Waals surface area (Å²) in [4.78, 5) is 15.3. The summed E-state index contributed by atoms with van der Waals surface area (Å²) in [5, 5.41) is 15.8. The Balaban J connectivity index is 2.01. The second-order valence-corrected chi connectivity index (χ2v) is 5.96. The standard InChI is InChI=1S/C14H16AsN7/c15-13-10(7-16)8-20-14(21-13)22(11-3-1-2-4-18-11)12-9-17-5-6-19-12/h1-4,8,12,17,19H,5-6,9,15H2. The van der Waals surface area contributed by atoms with Gasteiger partial charge in [-0.15, -0.1) is 0 Å². The van der Waals surface area contributed by atoms with Gasteiger partial charge in [0.1, 0.15) is 0 Å². The van der Waals surface area contributed by atoms with E-state index in [0.717, 1.165) is 29.9 Å². The summed E-state index contributed by atoms with van der Waals surface area (Å²) in [6.45, 7) is 2.57. The Kier molecular flexibility index (Phi) is 4.64. The van der Waals surface area contributed by atoms with Crippen LogP contribution in [0.3, 0.4) is 0 Å². The van der Waals surface area contributed by atoms with Crippen molar-refractivity contribution in [1.29, 1.82) is 5.26 Å². The maximum absolute atomic E-state index is 9.05. The molecule has 2 N–H and O–H groups in total. The van der Waals surface area contributed by atoms with Gasteiger partial charge in [0, 0.05) is 0 Å². The van der Waals surface area contributed by atoms with Gasteiger partial charge in [-0.1, -0.05) is 0 Å². The first-order valence-electron chi connectivity index (χ1n) is 6.96. The fourth-order valence-electron chi connectivity index (χ4n) is 2.31. The van der Waals surface area contributed by atoms with Crippen LogP contribution in [0.15, 0.2) is 30.6 Å². The van der Waals surface area contributed by atoms with Crippen LogP contribution < -0.4 is 20.0 Å². The molecule has 7 nitrogen and oxygen atoms in total. The molecule has 2 atom stereocenters. The number of piperazine rings is 1. The van der Waals surface area contributed by atoms with Crippen LogP contribution >= 0.6 is 0 Å². The van der Waals surface area contributed by atoms with Crippen molar-refractivity contribution in [2.75, 3.05) is 24.5 Å². The quantitative estimate of drug-likeness (QED) is 0.657. The number of nitrogens with one attached hydrogen (secondary N) is 2. The number of aromatic nitrogens is 3. The number of hydrogen-bond donors (Lipinski definition) is 2. The zero-order valence-corrected chi connectivity index (χ0v) is 14.3. The Morgan fingerprint density at radius 3 is 2.86 bits per heavy atom. The zero-order chi connectivity index (χ0) is 15.4. The first-order chi connectivity index (χ1) is 10.8. The van der Waals surface area contributed by atoms with E-state index in [2.05, 4.69) is 31.7 Å². The van der Waals surface area contributed by atoms with Crippen LogP contribution in [-0.2, 0) is 0 Å². The van der Waals surface area contributed by atoms with Crippen molar-refractivity contribution in [3.05, 3.63) is 36.2 Å². The minimum absolute atomic E-state index is 0.0171. The van der Waals surface area contributed by atoms with Crippen LogP contribution in [0, 0.1) is 11.3 Å². The van der Waals surface area contributed by atoms with Crippen molar-refractivity contribution >= 4 is 33.1 Å². The van der Waals surface area contributed by atoms with Crippen LogP contribution in [0.1, 0.15) is 5.56 Å². The molecule has 0 spiro atoms. The summed E-state index contributed by atoms with van der Waals surface area (Å²) in [5.41, 5.74) is 0.513. The average molecular weight is 357 g/mol. The molecule has 8 heteroatoms. The number of nitriles is 1. The van der Waals surface area contributed by atoms with Gasteiger partial charge in [0.25, 0.3) is 0 Å². The van der Waals surface area contributed by atoms with Gasteiger partial charge in [0.15, 0.2) is 0 Å². The molecule has 2 aromatic rings. The summed E-state index contributed by atoms with van der Waals surface area (Å²) >= 11 is 1.31. The van der Waals surface area contributed by atoms with Crippen LogP contribution in [-0.4, -0.2) is 57.6 Å². The predicted molar refractivity (Wildman–Crippen MR) is 86.0 cm³/mol. The zero-order valence-electron chi connectivity index (χ0n) is 11.9. The van der Waals surface area contributed by atoms with Gasteiger partial charge >= 0.3 is 137 Å². The van der Waals surface area contributed by atoms with Gasteiger partial charge in [-0.2, -0.15) is 0 Å². The van der Waals surface area contributed by atoms with Gasteiger partial charge in [-0.05, 0) is 0 Å². The first kappa shape index (κ1) is 14.9. The van der Waals surface area contributed by atoms with Crippen molar-refractivity contribution in [2.45, 2.75) is 6.17 Å². The third-order valence-corrected chi connectivity index (χ3v) is 4.29. The number of rotatable bonds is 3. The molecule has 2 unspecified atom stereocenters.